The number of carbonyl (C=O) groups excluding carboxylic acids is 3. The topological polar surface area (TPSA) is 107 Å². The number of nitrogens with zero attached hydrogens (tertiary/aromatic N) is 2. The van der Waals surface area contributed by atoms with Gasteiger partial charge in [0.15, 0.2) is 12.1 Å². The van der Waals surface area contributed by atoms with Gasteiger partial charge in [-0.05, 0) is 6.07 Å². The van der Waals surface area contributed by atoms with Crippen LogP contribution in [0.25, 0.3) is 0 Å². The van der Waals surface area contributed by atoms with E-state index in [1.165, 1.54) is 31.1 Å². The van der Waals surface area contributed by atoms with Gasteiger partial charge >= 0.3 is 5.97 Å². The Labute approximate surface area is 156 Å². The van der Waals surface area contributed by atoms with Crippen LogP contribution >= 0.6 is 0 Å². The maximum Gasteiger partial charge on any atom is 0.302 e. The number of hydrogen-bond donors (Lipinski definition) is 0. The lowest BCUT2D eigenvalue weighted by Gasteiger charge is -2.19. The number of nitro groups is 1. The zero-order chi connectivity index (χ0) is 20.6. The zero-order valence-electron chi connectivity index (χ0n) is 15.5. The summed E-state index contributed by atoms with van der Waals surface area (Å²) in [5, 5.41) is 11.0. The number of hydrogen-bond acceptors (Lipinski definition) is 7. The second-order valence-corrected chi connectivity index (χ2v) is 5.55. The van der Waals surface area contributed by atoms with Crippen LogP contribution in [-0.4, -0.2) is 44.2 Å². The number of rotatable bonds is 5. The van der Waals surface area contributed by atoms with Crippen molar-refractivity contribution in [2.24, 2.45) is 0 Å². The van der Waals surface area contributed by atoms with Crippen LogP contribution in [0.5, 0.6) is 0 Å². The van der Waals surface area contributed by atoms with Gasteiger partial charge in [0.1, 0.15) is 5.56 Å². The molecule has 0 aliphatic heterocycles. The summed E-state index contributed by atoms with van der Waals surface area (Å²) in [5.41, 5.74) is 0.540. The van der Waals surface area contributed by atoms with E-state index >= 15 is 0 Å². The molecule has 0 bridgehead atoms. The largest absolute Gasteiger partial charge is 0.469 e. The first-order valence-corrected chi connectivity index (χ1v) is 7.82. The van der Waals surface area contributed by atoms with Crippen molar-refractivity contribution >= 4 is 29.4 Å². The fourth-order valence-corrected chi connectivity index (χ4v) is 2.28. The van der Waals surface area contributed by atoms with Gasteiger partial charge in [0.2, 0.25) is 0 Å². The number of aldehydes is 1. The number of methoxy groups -OCH3 is 1. The van der Waals surface area contributed by atoms with Crippen molar-refractivity contribution in [2.45, 2.75) is 6.92 Å². The minimum absolute atomic E-state index is 0.100. The third-order valence-corrected chi connectivity index (χ3v) is 3.52. The molecule has 0 aliphatic carbocycles. The highest BCUT2D eigenvalue weighted by Gasteiger charge is 2.25. The molecule has 0 aliphatic rings. The van der Waals surface area contributed by atoms with Crippen LogP contribution in [0.3, 0.4) is 0 Å². The van der Waals surface area contributed by atoms with E-state index in [0.717, 1.165) is 0 Å². The number of carbonyl (C=O) groups is 3. The summed E-state index contributed by atoms with van der Waals surface area (Å²) in [6.07, 6.45) is 0.412. The smallest absolute Gasteiger partial charge is 0.302 e. The first-order valence-electron chi connectivity index (χ1n) is 7.82. The van der Waals surface area contributed by atoms with Crippen molar-refractivity contribution < 1.29 is 24.0 Å². The van der Waals surface area contributed by atoms with Crippen LogP contribution in [-0.2, 0) is 9.53 Å². The molecule has 0 saturated heterocycles. The normalized spacial score (nSPS) is 9.48. The number of ketones is 1. The Morgan fingerprint density at radius 2 is 1.67 bits per heavy atom. The summed E-state index contributed by atoms with van der Waals surface area (Å²) in [6.45, 7) is 1.36. The highest BCUT2D eigenvalue weighted by Crippen LogP contribution is 2.32. The van der Waals surface area contributed by atoms with Crippen LogP contribution in [0.15, 0.2) is 42.5 Å². The summed E-state index contributed by atoms with van der Waals surface area (Å²) in [7, 11) is 4.62. The predicted octanol–water partition coefficient (Wildman–Crippen LogP) is 2.88. The standard InChI is InChI=1S/C16H14N2O4.C3H6O2/c1-17(2)15-12(16(20)11-6-4-3-5-7-11)8-9-14(18(21)22)13(15)10-19;1-3(4)5-2/h3-10H,1-2H3;1-2H3. The highest BCUT2D eigenvalue weighted by atomic mass is 16.6. The molecule has 0 unspecified atom stereocenters. The number of ether oxygens (including phenoxy) is 1. The van der Waals surface area contributed by atoms with E-state index in [0.29, 0.717) is 11.8 Å². The summed E-state index contributed by atoms with van der Waals surface area (Å²) in [6, 6.07) is 11.1. The third kappa shape index (κ3) is 5.46. The maximum atomic E-state index is 12.6. The van der Waals surface area contributed by atoms with E-state index in [4.69, 9.17) is 0 Å². The van der Waals surface area contributed by atoms with Crippen molar-refractivity contribution in [3.8, 4) is 0 Å². The molecule has 2 rings (SSSR count). The molecule has 0 spiro atoms. The van der Waals surface area contributed by atoms with Crippen LogP contribution in [0.1, 0.15) is 33.2 Å². The Bertz CT molecular complexity index is 847. The molecule has 0 aromatic heterocycles. The fraction of sp³-hybridized carbons (Fsp3) is 0.211. The summed E-state index contributed by atoms with van der Waals surface area (Å²) >= 11 is 0. The van der Waals surface area contributed by atoms with E-state index in [1.807, 2.05) is 0 Å². The second-order valence-electron chi connectivity index (χ2n) is 5.55. The Balaban J connectivity index is 0.000000646. The number of benzene rings is 2. The van der Waals surface area contributed by atoms with Gasteiger partial charge in [-0.3, -0.25) is 24.5 Å². The molecule has 2 aromatic rings. The van der Waals surface area contributed by atoms with Gasteiger partial charge in [0.25, 0.3) is 5.69 Å². The monoisotopic (exact) mass is 372 g/mol. The molecule has 27 heavy (non-hydrogen) atoms. The van der Waals surface area contributed by atoms with Gasteiger partial charge in [-0.2, -0.15) is 0 Å². The molecular weight excluding hydrogens is 352 g/mol. The Hall–Kier alpha value is -3.55. The zero-order valence-corrected chi connectivity index (χ0v) is 15.5. The van der Waals surface area contributed by atoms with E-state index in [2.05, 4.69) is 4.74 Å². The van der Waals surface area contributed by atoms with E-state index < -0.39 is 4.92 Å². The van der Waals surface area contributed by atoms with Crippen LogP contribution in [0.2, 0.25) is 0 Å². The average molecular weight is 372 g/mol. The third-order valence-electron chi connectivity index (χ3n) is 3.52. The molecule has 0 amide bonds. The van der Waals surface area contributed by atoms with Gasteiger partial charge in [0.05, 0.1) is 17.7 Å². The van der Waals surface area contributed by atoms with E-state index in [1.54, 1.807) is 44.4 Å². The van der Waals surface area contributed by atoms with Crippen molar-refractivity contribution in [1.82, 2.24) is 0 Å². The molecule has 0 N–H and O–H groups in total. The van der Waals surface area contributed by atoms with Crippen molar-refractivity contribution in [3.63, 3.8) is 0 Å². The van der Waals surface area contributed by atoms with Gasteiger partial charge in [0, 0.05) is 38.2 Å². The molecule has 8 heteroatoms. The first-order chi connectivity index (χ1) is 12.7. The second kappa shape index (κ2) is 9.81. The summed E-state index contributed by atoms with van der Waals surface area (Å²) < 4.78 is 4.11. The lowest BCUT2D eigenvalue weighted by molar-refractivity contribution is -0.385. The maximum absolute atomic E-state index is 12.6. The van der Waals surface area contributed by atoms with Crippen molar-refractivity contribution in [2.75, 3.05) is 26.1 Å². The Morgan fingerprint density at radius 1 is 1.11 bits per heavy atom. The van der Waals surface area contributed by atoms with Crippen LogP contribution in [0, 0.1) is 10.1 Å². The number of nitro benzene ring substituents is 1. The molecule has 142 valence electrons. The Kier molecular flexibility index (Phi) is 7.81. The lowest BCUT2D eigenvalue weighted by atomic mass is 9.97. The quantitative estimate of drug-likeness (QED) is 0.261. The fourth-order valence-electron chi connectivity index (χ4n) is 2.28. The molecule has 0 radical (unpaired) electrons. The average Bonchev–Trinajstić information content (AvgIpc) is 2.66. The molecule has 2 aromatic carbocycles. The minimum Gasteiger partial charge on any atom is -0.469 e. The number of esters is 1. The molecule has 0 heterocycles. The minimum atomic E-state index is -0.631. The highest BCUT2D eigenvalue weighted by molar-refractivity contribution is 6.14. The molecular formula is C19H20N2O6. The molecule has 8 nitrogen and oxygen atoms in total. The van der Waals surface area contributed by atoms with Crippen LogP contribution in [0.4, 0.5) is 11.4 Å². The molecule has 0 atom stereocenters. The summed E-state index contributed by atoms with van der Waals surface area (Å²) in [4.78, 5) is 45.5. The van der Waals surface area contributed by atoms with Gasteiger partial charge in [-0.15, -0.1) is 0 Å². The SMILES string of the molecule is CN(C)c1c(C(=O)c2ccccc2)ccc([N+](=O)[O-])c1C=O.COC(C)=O. The first kappa shape index (κ1) is 21.5. The van der Waals surface area contributed by atoms with E-state index in [9.17, 15) is 24.5 Å². The molecule has 0 fully saturated rings. The number of anilines is 1. The van der Waals surface area contributed by atoms with E-state index in [-0.39, 0.29) is 34.3 Å². The van der Waals surface area contributed by atoms with Crippen LogP contribution < -0.4 is 4.90 Å². The lowest BCUT2D eigenvalue weighted by Crippen LogP contribution is -2.17. The van der Waals surface area contributed by atoms with Gasteiger partial charge in [-0.1, -0.05) is 30.3 Å². The van der Waals surface area contributed by atoms with Gasteiger partial charge < -0.3 is 9.64 Å². The Morgan fingerprint density at radius 3 is 2.07 bits per heavy atom. The molecule has 0 saturated carbocycles. The van der Waals surface area contributed by atoms with Crippen molar-refractivity contribution in [1.29, 1.82) is 0 Å². The summed E-state index contributed by atoms with van der Waals surface area (Å²) in [5.74, 6) is -0.535. The predicted molar refractivity (Wildman–Crippen MR) is 100 cm³/mol. The van der Waals surface area contributed by atoms with Crippen molar-refractivity contribution in [3.05, 3.63) is 69.3 Å². The van der Waals surface area contributed by atoms with Gasteiger partial charge in [-0.25, -0.2) is 0 Å².